The number of carboxylic acid groups (broad SMARTS) is 1. The van der Waals surface area contributed by atoms with Crippen molar-refractivity contribution in [3.05, 3.63) is 102 Å². The van der Waals surface area contributed by atoms with Gasteiger partial charge in [-0.15, -0.1) is 0 Å². The highest BCUT2D eigenvalue weighted by molar-refractivity contribution is 5.69. The number of rotatable bonds is 11. The zero-order chi connectivity index (χ0) is 24.5. The molecule has 0 unspecified atom stereocenters. The van der Waals surface area contributed by atoms with E-state index in [2.05, 4.69) is 15.3 Å². The molecule has 0 atom stereocenters. The Morgan fingerprint density at radius 3 is 2.20 bits per heavy atom. The Morgan fingerprint density at radius 2 is 1.57 bits per heavy atom. The van der Waals surface area contributed by atoms with Crippen molar-refractivity contribution >= 4 is 17.6 Å². The Bertz CT molecular complexity index is 1210. The van der Waals surface area contributed by atoms with E-state index in [9.17, 15) is 9.90 Å². The molecule has 0 aliphatic carbocycles. The summed E-state index contributed by atoms with van der Waals surface area (Å²) in [5.41, 5.74) is 5.07. The minimum Gasteiger partial charge on any atom is -0.497 e. The fourth-order valence-corrected chi connectivity index (χ4v) is 3.74. The highest BCUT2D eigenvalue weighted by Crippen LogP contribution is 2.22. The number of ether oxygens (including phenoxy) is 1. The summed E-state index contributed by atoms with van der Waals surface area (Å²) in [6, 6.07) is 25.7. The number of carboxylic acids is 1. The SMILES string of the molecule is COc1ccc(-c2cnc(Nc3ccc(CCN(CC(=O)O)Cc4ccccc4)cc3)nc2)cc1. The first-order valence-electron chi connectivity index (χ1n) is 11.4. The quantitative estimate of drug-likeness (QED) is 0.319. The maximum atomic E-state index is 11.3. The highest BCUT2D eigenvalue weighted by Gasteiger charge is 2.11. The second kappa shape index (κ2) is 11.8. The van der Waals surface area contributed by atoms with E-state index in [1.54, 1.807) is 19.5 Å². The molecular formula is C28H28N4O3. The van der Waals surface area contributed by atoms with Gasteiger partial charge >= 0.3 is 5.97 Å². The van der Waals surface area contributed by atoms with Gasteiger partial charge in [0.05, 0.1) is 13.7 Å². The van der Waals surface area contributed by atoms with Gasteiger partial charge in [-0.25, -0.2) is 9.97 Å². The summed E-state index contributed by atoms with van der Waals surface area (Å²) in [5.74, 6) is 0.506. The first-order chi connectivity index (χ1) is 17.1. The fraction of sp³-hybridized carbons (Fsp3) is 0.179. The molecule has 0 aliphatic heterocycles. The molecule has 0 saturated heterocycles. The number of methoxy groups -OCH3 is 1. The summed E-state index contributed by atoms with van der Waals surface area (Å²) in [7, 11) is 1.64. The molecule has 4 aromatic rings. The van der Waals surface area contributed by atoms with Gasteiger partial charge in [0.15, 0.2) is 0 Å². The van der Waals surface area contributed by atoms with Crippen molar-refractivity contribution in [3.8, 4) is 16.9 Å². The van der Waals surface area contributed by atoms with Crippen LogP contribution in [-0.4, -0.2) is 46.1 Å². The average Bonchev–Trinajstić information content (AvgIpc) is 2.89. The first-order valence-corrected chi connectivity index (χ1v) is 11.4. The molecule has 2 N–H and O–H groups in total. The van der Waals surface area contributed by atoms with Crippen molar-refractivity contribution < 1.29 is 14.6 Å². The number of hydrogen-bond donors (Lipinski definition) is 2. The summed E-state index contributed by atoms with van der Waals surface area (Å²) in [6.45, 7) is 1.28. The van der Waals surface area contributed by atoms with E-state index in [1.807, 2.05) is 83.8 Å². The molecule has 0 amide bonds. The van der Waals surface area contributed by atoms with Crippen LogP contribution in [-0.2, 0) is 17.8 Å². The Morgan fingerprint density at radius 1 is 0.886 bits per heavy atom. The molecule has 1 aromatic heterocycles. The van der Waals surface area contributed by atoms with E-state index >= 15 is 0 Å². The van der Waals surface area contributed by atoms with Crippen molar-refractivity contribution in [2.24, 2.45) is 0 Å². The third kappa shape index (κ3) is 7.12. The van der Waals surface area contributed by atoms with Crippen molar-refractivity contribution in [1.82, 2.24) is 14.9 Å². The molecule has 0 fully saturated rings. The topological polar surface area (TPSA) is 87.6 Å². The molecule has 0 spiro atoms. The van der Waals surface area contributed by atoms with E-state index in [1.165, 1.54) is 0 Å². The van der Waals surface area contributed by atoms with Crippen molar-refractivity contribution in [2.75, 3.05) is 25.5 Å². The second-order valence-corrected chi connectivity index (χ2v) is 8.19. The molecule has 7 nitrogen and oxygen atoms in total. The van der Waals surface area contributed by atoms with Crippen LogP contribution < -0.4 is 10.1 Å². The molecular weight excluding hydrogens is 440 g/mol. The summed E-state index contributed by atoms with van der Waals surface area (Å²) >= 11 is 0. The van der Waals surface area contributed by atoms with Gasteiger partial charge in [0.1, 0.15) is 5.75 Å². The Balaban J connectivity index is 1.32. The zero-order valence-corrected chi connectivity index (χ0v) is 19.6. The van der Waals surface area contributed by atoms with Crippen LogP contribution in [0.15, 0.2) is 91.3 Å². The van der Waals surface area contributed by atoms with E-state index in [-0.39, 0.29) is 6.54 Å². The van der Waals surface area contributed by atoms with Gasteiger partial charge in [0.2, 0.25) is 5.95 Å². The van der Waals surface area contributed by atoms with Crippen LogP contribution in [0.2, 0.25) is 0 Å². The lowest BCUT2D eigenvalue weighted by Gasteiger charge is -2.20. The van der Waals surface area contributed by atoms with Crippen LogP contribution in [0.1, 0.15) is 11.1 Å². The maximum absolute atomic E-state index is 11.3. The number of benzene rings is 3. The molecule has 3 aromatic carbocycles. The van der Waals surface area contributed by atoms with Crippen molar-refractivity contribution in [3.63, 3.8) is 0 Å². The van der Waals surface area contributed by atoms with Crippen LogP contribution in [0.5, 0.6) is 5.75 Å². The third-order valence-electron chi connectivity index (χ3n) is 5.61. The zero-order valence-electron chi connectivity index (χ0n) is 19.6. The number of nitrogens with one attached hydrogen (secondary N) is 1. The summed E-state index contributed by atoms with van der Waals surface area (Å²) in [6.07, 6.45) is 4.33. The van der Waals surface area contributed by atoms with Crippen molar-refractivity contribution in [2.45, 2.75) is 13.0 Å². The predicted molar refractivity (Wildman–Crippen MR) is 137 cm³/mol. The minimum absolute atomic E-state index is 0.0123. The number of nitrogens with zero attached hydrogens (tertiary/aromatic N) is 3. The average molecular weight is 469 g/mol. The molecule has 4 rings (SSSR count). The second-order valence-electron chi connectivity index (χ2n) is 8.19. The van der Waals surface area contributed by atoms with Gasteiger partial charge in [0.25, 0.3) is 0 Å². The fourth-order valence-electron chi connectivity index (χ4n) is 3.74. The molecule has 0 aliphatic rings. The Labute approximate surface area is 205 Å². The van der Waals surface area contributed by atoms with Gasteiger partial charge in [-0.1, -0.05) is 54.6 Å². The largest absolute Gasteiger partial charge is 0.497 e. The van der Waals surface area contributed by atoms with Gasteiger partial charge in [-0.2, -0.15) is 0 Å². The molecule has 35 heavy (non-hydrogen) atoms. The van der Waals surface area contributed by atoms with Gasteiger partial charge in [-0.3, -0.25) is 9.69 Å². The molecule has 0 saturated carbocycles. The Hall–Kier alpha value is -4.23. The molecule has 7 heteroatoms. The number of anilines is 2. The highest BCUT2D eigenvalue weighted by atomic mass is 16.5. The van der Waals surface area contributed by atoms with Gasteiger partial charge in [0, 0.05) is 36.7 Å². The number of carbonyl (C=O) groups is 1. The van der Waals surface area contributed by atoms with Crippen molar-refractivity contribution in [1.29, 1.82) is 0 Å². The number of aromatic nitrogens is 2. The van der Waals surface area contributed by atoms with E-state index in [0.29, 0.717) is 19.0 Å². The van der Waals surface area contributed by atoms with E-state index in [0.717, 1.165) is 40.1 Å². The first kappa shape index (κ1) is 23.9. The predicted octanol–water partition coefficient (Wildman–Crippen LogP) is 5.03. The van der Waals surface area contributed by atoms with Gasteiger partial charge in [-0.05, 0) is 47.4 Å². The standard InChI is InChI=1S/C28H28N4O3/c1-35-26-13-9-23(10-14-26)24-17-29-28(30-18-24)31-25-11-7-21(8-12-25)15-16-32(20-27(33)34)19-22-5-3-2-4-6-22/h2-14,17-18H,15-16,19-20H2,1H3,(H,33,34)(H,29,30,31). The molecule has 0 radical (unpaired) electrons. The van der Waals surface area contributed by atoms with Gasteiger partial charge < -0.3 is 15.2 Å². The molecule has 178 valence electrons. The number of hydrogen-bond acceptors (Lipinski definition) is 6. The lowest BCUT2D eigenvalue weighted by atomic mass is 10.1. The van der Waals surface area contributed by atoms with Crippen LogP contribution >= 0.6 is 0 Å². The lowest BCUT2D eigenvalue weighted by Crippen LogP contribution is -2.31. The summed E-state index contributed by atoms with van der Waals surface area (Å²) in [5, 5.41) is 12.5. The summed E-state index contributed by atoms with van der Waals surface area (Å²) in [4.78, 5) is 22.1. The normalized spacial score (nSPS) is 10.8. The Kier molecular flexibility index (Phi) is 8.04. The number of aliphatic carboxylic acids is 1. The third-order valence-corrected chi connectivity index (χ3v) is 5.61. The minimum atomic E-state index is -0.821. The van der Waals surface area contributed by atoms with Crippen LogP contribution in [0.4, 0.5) is 11.6 Å². The smallest absolute Gasteiger partial charge is 0.317 e. The van der Waals surface area contributed by atoms with E-state index in [4.69, 9.17) is 4.74 Å². The van der Waals surface area contributed by atoms with Crippen LogP contribution in [0.3, 0.4) is 0 Å². The monoisotopic (exact) mass is 468 g/mol. The summed E-state index contributed by atoms with van der Waals surface area (Å²) < 4.78 is 5.20. The molecule has 0 bridgehead atoms. The lowest BCUT2D eigenvalue weighted by molar-refractivity contribution is -0.138. The molecule has 1 heterocycles. The maximum Gasteiger partial charge on any atom is 0.317 e. The van der Waals surface area contributed by atoms with Crippen LogP contribution in [0, 0.1) is 0 Å². The van der Waals surface area contributed by atoms with E-state index < -0.39 is 5.97 Å². The van der Waals surface area contributed by atoms with Crippen LogP contribution in [0.25, 0.3) is 11.1 Å².